The second-order valence-corrected chi connectivity index (χ2v) is 7.02. The molecule has 0 amide bonds. The number of aromatic amines is 1. The van der Waals surface area contributed by atoms with Crippen LogP contribution in [-0.2, 0) is 6.54 Å². The molecule has 0 saturated carbocycles. The van der Waals surface area contributed by atoms with Crippen molar-refractivity contribution in [2.24, 2.45) is 0 Å². The quantitative estimate of drug-likeness (QED) is 0.370. The van der Waals surface area contributed by atoms with Gasteiger partial charge in [-0.25, -0.2) is 15.0 Å². The number of hydrogen-bond acceptors (Lipinski definition) is 7. The number of anilines is 2. The maximum atomic E-state index is 5.96. The van der Waals surface area contributed by atoms with E-state index < -0.39 is 0 Å². The Morgan fingerprint density at radius 2 is 2.06 bits per heavy atom. The SMILES string of the molecule is COc1cc2cnc(Nc3ccc4[nH]ccc4c3)nc2cc1OCCCn1cncn1. The number of hydrogen-bond donors (Lipinski definition) is 2. The number of rotatable bonds is 8. The zero-order valence-corrected chi connectivity index (χ0v) is 16.9. The van der Waals surface area contributed by atoms with E-state index in [4.69, 9.17) is 9.47 Å². The maximum Gasteiger partial charge on any atom is 0.227 e. The minimum absolute atomic E-state index is 0.518. The summed E-state index contributed by atoms with van der Waals surface area (Å²) in [5, 5.41) is 9.36. The highest BCUT2D eigenvalue weighted by Crippen LogP contribution is 2.32. The Labute approximate surface area is 178 Å². The molecule has 0 bridgehead atoms. The largest absolute Gasteiger partial charge is 0.493 e. The van der Waals surface area contributed by atoms with Crippen LogP contribution in [0.5, 0.6) is 11.5 Å². The number of nitrogens with one attached hydrogen (secondary N) is 2. The summed E-state index contributed by atoms with van der Waals surface area (Å²) >= 11 is 0. The van der Waals surface area contributed by atoms with Gasteiger partial charge in [-0.1, -0.05) is 0 Å². The average Bonchev–Trinajstić information content (AvgIpc) is 3.47. The van der Waals surface area contributed by atoms with Gasteiger partial charge in [-0.05, 0) is 30.3 Å². The second kappa shape index (κ2) is 8.31. The van der Waals surface area contributed by atoms with Crippen molar-refractivity contribution in [3.8, 4) is 11.5 Å². The van der Waals surface area contributed by atoms with Crippen LogP contribution < -0.4 is 14.8 Å². The Hall–Kier alpha value is -4.14. The number of benzene rings is 2. The molecule has 0 aliphatic heterocycles. The molecule has 3 heterocycles. The Kier molecular flexibility index (Phi) is 5.05. The zero-order chi connectivity index (χ0) is 21.0. The van der Waals surface area contributed by atoms with Crippen molar-refractivity contribution >= 4 is 33.4 Å². The standard InChI is InChI=1S/C22H21N7O2/c1-30-20-10-16-12-25-22(27-17-3-4-18-15(9-17)5-6-24-18)28-19(16)11-21(20)31-8-2-7-29-14-23-13-26-29/h3-6,9-14,24H,2,7-8H2,1H3,(H,25,27,28). The lowest BCUT2D eigenvalue weighted by Gasteiger charge is -2.12. The first-order chi connectivity index (χ1) is 15.3. The van der Waals surface area contributed by atoms with E-state index >= 15 is 0 Å². The molecule has 3 aromatic heterocycles. The number of nitrogens with zero attached hydrogens (tertiary/aromatic N) is 5. The van der Waals surface area contributed by atoms with Crippen LogP contribution in [0.25, 0.3) is 21.8 Å². The van der Waals surface area contributed by atoms with Gasteiger partial charge in [0.1, 0.15) is 12.7 Å². The summed E-state index contributed by atoms with van der Waals surface area (Å²) in [4.78, 5) is 16.2. The van der Waals surface area contributed by atoms with Gasteiger partial charge in [-0.2, -0.15) is 5.10 Å². The van der Waals surface area contributed by atoms with Crippen LogP contribution in [0.2, 0.25) is 0 Å². The Morgan fingerprint density at radius 1 is 1.10 bits per heavy atom. The third-order valence-corrected chi connectivity index (χ3v) is 4.93. The lowest BCUT2D eigenvalue weighted by molar-refractivity contribution is 0.281. The molecule has 0 aliphatic rings. The molecule has 0 spiro atoms. The van der Waals surface area contributed by atoms with Crippen molar-refractivity contribution in [1.29, 1.82) is 0 Å². The molecule has 0 fully saturated rings. The summed E-state index contributed by atoms with van der Waals surface area (Å²) in [6.07, 6.45) is 7.70. The fraction of sp³-hybridized carbons (Fsp3) is 0.182. The third-order valence-electron chi connectivity index (χ3n) is 4.93. The van der Waals surface area contributed by atoms with Crippen LogP contribution in [0, 0.1) is 0 Å². The van der Waals surface area contributed by atoms with Gasteiger partial charge in [0.25, 0.3) is 0 Å². The van der Waals surface area contributed by atoms with Crippen molar-refractivity contribution in [3.05, 3.63) is 61.4 Å². The van der Waals surface area contributed by atoms with Gasteiger partial charge in [0.15, 0.2) is 11.5 Å². The average molecular weight is 415 g/mol. The van der Waals surface area contributed by atoms with E-state index in [1.807, 2.05) is 36.5 Å². The number of ether oxygens (including phenoxy) is 2. The number of aryl methyl sites for hydroxylation is 1. The normalized spacial score (nSPS) is 11.1. The van der Waals surface area contributed by atoms with Gasteiger partial charge >= 0.3 is 0 Å². The van der Waals surface area contributed by atoms with Gasteiger partial charge in [0.05, 0.1) is 19.2 Å². The van der Waals surface area contributed by atoms with E-state index in [0.29, 0.717) is 24.1 Å². The number of H-pyrrole nitrogens is 1. The predicted octanol–water partition coefficient (Wildman–Crippen LogP) is 3.92. The van der Waals surface area contributed by atoms with E-state index in [-0.39, 0.29) is 0 Å². The molecule has 0 unspecified atom stereocenters. The number of aromatic nitrogens is 6. The summed E-state index contributed by atoms with van der Waals surface area (Å²) in [7, 11) is 1.62. The molecular weight excluding hydrogens is 394 g/mol. The Balaban J connectivity index is 1.34. The van der Waals surface area contributed by atoms with Crippen molar-refractivity contribution in [1.82, 2.24) is 29.7 Å². The maximum absolute atomic E-state index is 5.96. The molecule has 156 valence electrons. The molecule has 2 aromatic carbocycles. The van der Waals surface area contributed by atoms with Crippen molar-refractivity contribution in [2.75, 3.05) is 19.0 Å². The van der Waals surface area contributed by atoms with Gasteiger partial charge in [0.2, 0.25) is 5.95 Å². The van der Waals surface area contributed by atoms with Crippen molar-refractivity contribution in [2.45, 2.75) is 13.0 Å². The van der Waals surface area contributed by atoms with Crippen LogP contribution in [-0.4, -0.2) is 43.4 Å². The molecule has 5 aromatic rings. The fourth-order valence-corrected chi connectivity index (χ4v) is 3.39. The highest BCUT2D eigenvalue weighted by atomic mass is 16.5. The molecule has 9 heteroatoms. The second-order valence-electron chi connectivity index (χ2n) is 7.02. The zero-order valence-electron chi connectivity index (χ0n) is 16.9. The minimum atomic E-state index is 0.518. The van der Waals surface area contributed by atoms with Crippen LogP contribution in [0.1, 0.15) is 6.42 Å². The highest BCUT2D eigenvalue weighted by molar-refractivity contribution is 5.85. The highest BCUT2D eigenvalue weighted by Gasteiger charge is 2.10. The first-order valence-electron chi connectivity index (χ1n) is 9.93. The summed E-state index contributed by atoms with van der Waals surface area (Å²) < 4.78 is 13.2. The van der Waals surface area contributed by atoms with Crippen molar-refractivity contribution < 1.29 is 9.47 Å². The molecule has 31 heavy (non-hydrogen) atoms. The Morgan fingerprint density at radius 3 is 2.94 bits per heavy atom. The van der Waals surface area contributed by atoms with Gasteiger partial charge in [-0.15, -0.1) is 0 Å². The summed E-state index contributed by atoms with van der Waals surface area (Å²) in [5.41, 5.74) is 2.78. The molecular formula is C22H21N7O2. The van der Waals surface area contributed by atoms with Gasteiger partial charge < -0.3 is 19.8 Å². The lowest BCUT2D eigenvalue weighted by atomic mass is 10.2. The van der Waals surface area contributed by atoms with E-state index in [1.165, 1.54) is 6.33 Å². The Bertz CT molecular complexity index is 1310. The summed E-state index contributed by atoms with van der Waals surface area (Å²) in [6, 6.07) is 11.9. The van der Waals surface area contributed by atoms with Crippen LogP contribution in [0.4, 0.5) is 11.6 Å². The molecule has 0 radical (unpaired) electrons. The minimum Gasteiger partial charge on any atom is -0.493 e. The van der Waals surface area contributed by atoms with Gasteiger partial charge in [0, 0.05) is 53.4 Å². The van der Waals surface area contributed by atoms with E-state index in [1.54, 1.807) is 24.3 Å². The van der Waals surface area contributed by atoms with Crippen LogP contribution in [0.15, 0.2) is 61.4 Å². The van der Waals surface area contributed by atoms with Gasteiger partial charge in [-0.3, -0.25) is 4.68 Å². The van der Waals surface area contributed by atoms with Crippen LogP contribution >= 0.6 is 0 Å². The molecule has 0 atom stereocenters. The molecule has 0 saturated heterocycles. The molecule has 9 nitrogen and oxygen atoms in total. The van der Waals surface area contributed by atoms with Crippen molar-refractivity contribution in [3.63, 3.8) is 0 Å². The number of methoxy groups -OCH3 is 1. The first-order valence-corrected chi connectivity index (χ1v) is 9.93. The number of fused-ring (bicyclic) bond motifs is 2. The topological polar surface area (TPSA) is 103 Å². The molecule has 0 aliphatic carbocycles. The molecule has 5 rings (SSSR count). The predicted molar refractivity (Wildman–Crippen MR) is 118 cm³/mol. The summed E-state index contributed by atoms with van der Waals surface area (Å²) in [5.74, 6) is 1.81. The van der Waals surface area contributed by atoms with E-state index in [0.717, 1.165) is 40.5 Å². The molecule has 2 N–H and O–H groups in total. The lowest BCUT2D eigenvalue weighted by Crippen LogP contribution is -2.06. The van der Waals surface area contributed by atoms with E-state index in [9.17, 15) is 0 Å². The third kappa shape index (κ3) is 4.11. The van der Waals surface area contributed by atoms with Crippen LogP contribution in [0.3, 0.4) is 0 Å². The fourth-order valence-electron chi connectivity index (χ4n) is 3.39. The van der Waals surface area contributed by atoms with E-state index in [2.05, 4.69) is 36.4 Å². The first kappa shape index (κ1) is 18.9. The smallest absolute Gasteiger partial charge is 0.227 e. The summed E-state index contributed by atoms with van der Waals surface area (Å²) in [6.45, 7) is 1.26. The monoisotopic (exact) mass is 415 g/mol.